The van der Waals surface area contributed by atoms with Crippen molar-refractivity contribution in [1.29, 1.82) is 0 Å². The predicted octanol–water partition coefficient (Wildman–Crippen LogP) is 42.9. The van der Waals surface area contributed by atoms with E-state index in [2.05, 4.69) is 929 Å². The molecule has 0 aromatic rings. The average molecular weight is 5010 g/mol. The molecule has 0 saturated carbocycles. The molecule has 0 fully saturated rings. The Morgan fingerprint density at radius 1 is 0.112 bits per heavy atom. The van der Waals surface area contributed by atoms with E-state index in [1.165, 1.54) is 0 Å². The molecule has 89 heavy (non-hydrogen) atoms. The van der Waals surface area contributed by atoms with Gasteiger partial charge in [0.2, 0.25) is 0 Å². The SMILES string of the molecule is BrC(Br)(Br)C(Br)(Br)C(Br)(Br)C(Br)(Br)C(Br)(Br)C(Br)(Br)C(Br)(Br)C(Br)(Br)C(Br)(Br)C(Br)(Br)C(Br)(Br)C(Br)(Br)C(Br)(Br)C(Br)(Br)CNCC(Br)(Br)C(Br)(Br)C(Br)(Br)C(Br)(Br)C(Br)(Br)C(Br)(Br)C(Br)(Br)C(Br)(Br)C(Br)(Br)C(Br)(Br)C(Br)(Br)C(Br)(Br)C(Br)(Br)C(Br)(Br)Br. The molecule has 0 rings (SSSR count). The van der Waals surface area contributed by atoms with E-state index in [1.807, 2.05) is 0 Å². The lowest BCUT2D eigenvalue weighted by molar-refractivity contribution is 0.511. The molecule has 0 bridgehead atoms. The van der Waals surface area contributed by atoms with Crippen LogP contribution in [0, 0.1) is 0 Å². The zero-order valence-electron chi connectivity index (χ0n) is 37.8. The zero-order chi connectivity index (χ0) is 74.1. The van der Waals surface area contributed by atoms with E-state index in [1.54, 1.807) is 0 Å². The molecule has 1 N–H and O–H groups in total. The summed E-state index contributed by atoms with van der Waals surface area (Å²) < 4.78 is -35.4. The van der Waals surface area contributed by atoms with E-state index in [0.29, 0.717) is 0 Å². The van der Waals surface area contributed by atoms with Gasteiger partial charge < -0.3 is 5.32 Å². The standard InChI is InChI=1S/C30H5Br58N/c31-3(32,5(35,36)7(39,40)9(43,44)11(47,48)13(51,52)15(55,56)17(59,60)19(63,64)21(67,68)23(71,72)25(75,76)27(79,80)29(83,84)85)1-89-2-4(33,34)6(37,38)8(41,42)10(45,46)12(49,50)14(53,54)16(57,58)18(61,62)20(65,66)22(69,70)24(73,74)26(77,78)28(81,82)30(86,87)88/h89H,1-2H2. The number of alkyl halides is 58. The Hall–Kier alpha value is 27.8. The Bertz CT molecular complexity index is 2330. The van der Waals surface area contributed by atoms with Crippen molar-refractivity contribution in [2.45, 2.75) is 88.4 Å². The van der Waals surface area contributed by atoms with Gasteiger partial charge >= 0.3 is 0 Å². The van der Waals surface area contributed by atoms with Crippen LogP contribution in [-0.2, 0) is 0 Å². The molecule has 0 heterocycles. The van der Waals surface area contributed by atoms with Crippen LogP contribution in [0.4, 0.5) is 0 Å². The molecule has 0 radical (unpaired) electrons. The van der Waals surface area contributed by atoms with Gasteiger partial charge in [-0.05, 0) is 0 Å². The largest absolute Gasteiger partial charge is 0.312 e. The normalized spacial score (nSPS) is 17.5. The first-order chi connectivity index (χ1) is 37.2. The molecule has 0 aromatic carbocycles. The first-order valence-corrected chi connectivity index (χ1v) is 64.9. The third kappa shape index (κ3) is 20.6. The third-order valence-electron chi connectivity index (χ3n) is 11.0. The molecule has 0 amide bonds. The summed E-state index contributed by atoms with van der Waals surface area (Å²) in [6.07, 6.45) is 0. The molecule has 0 saturated heterocycles. The highest BCUT2D eigenvalue weighted by Gasteiger charge is 2.86. The minimum atomic E-state index is -1.39. The minimum Gasteiger partial charge on any atom is -0.312 e. The molecule has 59 heteroatoms. The summed E-state index contributed by atoms with van der Waals surface area (Å²) in [5.74, 6) is 0. The molecule has 0 spiro atoms. The maximum atomic E-state index is 4.09. The highest BCUT2D eigenvalue weighted by Crippen LogP contribution is 2.86. The van der Waals surface area contributed by atoms with Gasteiger partial charge in [-0.3, -0.25) is 0 Å². The molecule has 0 atom stereocenters. The minimum absolute atomic E-state index is 0.189. The zero-order valence-corrected chi connectivity index (χ0v) is 130. The number of nitrogens with one attached hydrogen (secondary N) is 1. The van der Waals surface area contributed by atoms with E-state index in [4.69, 9.17) is 0 Å². The number of hydrogen-bond donors (Lipinski definition) is 1. The van der Waals surface area contributed by atoms with Crippen LogP contribution in [0.15, 0.2) is 0 Å². The summed E-state index contributed by atoms with van der Waals surface area (Å²) >= 11 is 231. The molecule has 0 aliphatic carbocycles. The maximum Gasteiger partial charge on any atom is 0.162 e. The van der Waals surface area contributed by atoms with E-state index >= 15 is 0 Å². The van der Waals surface area contributed by atoms with Crippen LogP contribution >= 0.6 is 924 Å². The summed E-state index contributed by atoms with van der Waals surface area (Å²) in [4.78, 5) is 0. The topological polar surface area (TPSA) is 12.0 Å². The fraction of sp³-hybridized carbons (Fsp3) is 1.00. The molecule has 1 nitrogen and oxygen atoms in total. The fourth-order valence-electron chi connectivity index (χ4n) is 5.36. The maximum absolute atomic E-state index is 4.09. The van der Waals surface area contributed by atoms with Gasteiger partial charge in [-0.1, -0.05) is 924 Å². The first kappa shape index (κ1) is 117. The van der Waals surface area contributed by atoms with Crippen LogP contribution in [0.25, 0.3) is 0 Å². The Balaban J connectivity index is 7.63. The lowest BCUT2D eigenvalue weighted by atomic mass is 10.0. The summed E-state index contributed by atoms with van der Waals surface area (Å²) in [6.45, 7) is 0.378. The quantitative estimate of drug-likeness (QED) is 0.0770. The summed E-state index contributed by atoms with van der Waals surface area (Å²) in [6, 6.07) is 0. The van der Waals surface area contributed by atoms with Crippen LogP contribution in [-0.4, -0.2) is 101 Å². The molecule has 0 unspecified atom stereocenters. The van der Waals surface area contributed by atoms with Gasteiger partial charge in [-0.2, -0.15) is 0 Å². The van der Waals surface area contributed by atoms with Crippen molar-refractivity contribution in [3.8, 4) is 0 Å². The second-order valence-electron chi connectivity index (χ2n) is 16.8. The highest BCUT2D eigenvalue weighted by atomic mass is 80.0. The van der Waals surface area contributed by atoms with Crippen LogP contribution in [0.5, 0.6) is 0 Å². The van der Waals surface area contributed by atoms with E-state index in [-0.39, 0.29) is 13.1 Å². The number of halogens is 58. The Kier molecular flexibility index (Phi) is 50.7. The van der Waals surface area contributed by atoms with Gasteiger partial charge in [-0.15, -0.1) is 0 Å². The van der Waals surface area contributed by atoms with Gasteiger partial charge in [0.1, 0.15) is 84.1 Å². The molecule has 536 valence electrons. The summed E-state index contributed by atoms with van der Waals surface area (Å²) in [5.41, 5.74) is 0. The Morgan fingerprint density at radius 2 is 0.191 bits per heavy atom. The van der Waals surface area contributed by atoms with E-state index in [0.717, 1.165) is 0 Å². The van der Waals surface area contributed by atoms with Crippen LogP contribution in [0.2, 0.25) is 0 Å². The van der Waals surface area contributed by atoms with E-state index in [9.17, 15) is 0 Å². The highest BCUT2D eigenvalue weighted by molar-refractivity contribution is 9.45. The van der Waals surface area contributed by atoms with Gasteiger partial charge in [0.15, 0.2) is 4.29 Å². The molecular weight excluding hydrogens is 5010 g/mol. The molecule has 0 aliphatic rings. The average Bonchev–Trinajstić information content (AvgIpc) is 3.28. The van der Waals surface area contributed by atoms with Crippen molar-refractivity contribution in [3.05, 3.63) is 0 Å². The summed E-state index contributed by atoms with van der Waals surface area (Å²) in [5, 5.41) is 3.61. The predicted molar refractivity (Wildman–Crippen MR) is 607 cm³/mol. The number of rotatable bonds is 28. The smallest absolute Gasteiger partial charge is 0.162 e. The third-order valence-corrected chi connectivity index (χ3v) is 133. The Morgan fingerprint density at radius 3 is 0.281 bits per heavy atom. The summed E-state index contributed by atoms with van der Waals surface area (Å²) in [7, 11) is 0. The van der Waals surface area contributed by atoms with Crippen molar-refractivity contribution in [2.75, 3.05) is 13.1 Å². The molecule has 0 aromatic heterocycles. The van der Waals surface area contributed by atoms with Gasteiger partial charge in [0.25, 0.3) is 0 Å². The van der Waals surface area contributed by atoms with Crippen LogP contribution < -0.4 is 5.32 Å². The van der Waals surface area contributed by atoms with Gasteiger partial charge in [0.05, 0.1) is 0 Å². The van der Waals surface area contributed by atoms with E-state index < -0.39 is 88.4 Å². The molecular formula is C30H5Br58N. The number of hydrogen-bond acceptors (Lipinski definition) is 1. The lowest BCUT2D eigenvalue weighted by Gasteiger charge is -2.61. The monoisotopic (exact) mass is 4960 g/mol. The van der Waals surface area contributed by atoms with Gasteiger partial charge in [-0.25, -0.2) is 0 Å². The second kappa shape index (κ2) is 38.6. The van der Waals surface area contributed by atoms with Crippen LogP contribution in [0.3, 0.4) is 0 Å². The second-order valence-corrected chi connectivity index (χ2v) is 120. The van der Waals surface area contributed by atoms with Gasteiger partial charge in [0, 0.05) is 13.1 Å². The van der Waals surface area contributed by atoms with Crippen molar-refractivity contribution in [3.63, 3.8) is 0 Å². The fourth-order valence-corrected chi connectivity index (χ4v) is 62.6. The van der Waals surface area contributed by atoms with Crippen molar-refractivity contribution in [2.24, 2.45) is 0 Å². The first-order valence-electron chi connectivity index (χ1n) is 18.9. The lowest BCUT2D eigenvalue weighted by Crippen LogP contribution is -2.73. The van der Waals surface area contributed by atoms with Crippen molar-refractivity contribution < 1.29 is 0 Å². The molecule has 0 aliphatic heterocycles. The van der Waals surface area contributed by atoms with Crippen LogP contribution in [0.1, 0.15) is 0 Å². The van der Waals surface area contributed by atoms with Crippen molar-refractivity contribution >= 4 is 924 Å². The Labute approximate surface area is 1000 Å². The van der Waals surface area contributed by atoms with Crippen molar-refractivity contribution in [1.82, 2.24) is 5.32 Å².